The molecular formula is C24H25N3O5. The van der Waals surface area contributed by atoms with Gasteiger partial charge >= 0.3 is 0 Å². The van der Waals surface area contributed by atoms with E-state index in [2.05, 4.69) is 10.6 Å². The van der Waals surface area contributed by atoms with Gasteiger partial charge in [0.2, 0.25) is 0 Å². The van der Waals surface area contributed by atoms with Gasteiger partial charge in [-0.25, -0.2) is 0 Å². The number of likely N-dealkylation sites (N-methyl/N-ethyl adjacent to an activating group) is 1. The van der Waals surface area contributed by atoms with Crippen molar-refractivity contribution in [3.63, 3.8) is 0 Å². The normalized spacial score (nSPS) is 15.0. The van der Waals surface area contributed by atoms with Gasteiger partial charge in [-0.1, -0.05) is 18.2 Å². The van der Waals surface area contributed by atoms with Gasteiger partial charge in [0.25, 0.3) is 11.8 Å². The number of rotatable bonds is 8. The van der Waals surface area contributed by atoms with Gasteiger partial charge in [-0.3, -0.25) is 9.59 Å². The Morgan fingerprint density at radius 3 is 2.75 bits per heavy atom. The smallest absolute Gasteiger partial charge is 0.258 e. The fraction of sp³-hybridized carbons (Fsp3) is 0.250. The number of carbonyl (C=O) groups is 2. The predicted octanol–water partition coefficient (Wildman–Crippen LogP) is 3.57. The van der Waals surface area contributed by atoms with Gasteiger partial charge in [-0.15, -0.1) is 0 Å². The Balaban J connectivity index is 1.64. The van der Waals surface area contributed by atoms with Crippen LogP contribution in [-0.4, -0.2) is 37.0 Å². The van der Waals surface area contributed by atoms with Gasteiger partial charge in [0, 0.05) is 12.2 Å². The number of para-hydroxylation sites is 1. The number of methoxy groups -OCH3 is 1. The molecule has 8 nitrogen and oxygen atoms in total. The minimum absolute atomic E-state index is 0.101. The van der Waals surface area contributed by atoms with Crippen LogP contribution in [0.1, 0.15) is 34.8 Å². The van der Waals surface area contributed by atoms with E-state index in [-0.39, 0.29) is 18.4 Å². The van der Waals surface area contributed by atoms with E-state index >= 15 is 0 Å². The van der Waals surface area contributed by atoms with Gasteiger partial charge < -0.3 is 29.4 Å². The first kappa shape index (κ1) is 21.3. The van der Waals surface area contributed by atoms with E-state index in [1.54, 1.807) is 35.4 Å². The third kappa shape index (κ3) is 4.39. The third-order valence-electron chi connectivity index (χ3n) is 5.16. The van der Waals surface area contributed by atoms with Crippen molar-refractivity contribution in [2.45, 2.75) is 19.6 Å². The number of ether oxygens (including phenoxy) is 2. The van der Waals surface area contributed by atoms with E-state index < -0.39 is 6.17 Å². The second kappa shape index (κ2) is 9.47. The molecule has 166 valence electrons. The number of fused-ring (bicyclic) bond motifs is 1. The molecule has 2 aromatic carbocycles. The van der Waals surface area contributed by atoms with Crippen molar-refractivity contribution < 1.29 is 23.5 Å². The number of benzene rings is 2. The van der Waals surface area contributed by atoms with Gasteiger partial charge in [-0.05, 0) is 48.9 Å². The van der Waals surface area contributed by atoms with Crippen LogP contribution in [0.3, 0.4) is 0 Å². The molecule has 1 aliphatic rings. The second-order valence-corrected chi connectivity index (χ2v) is 7.26. The fourth-order valence-corrected chi connectivity index (χ4v) is 3.65. The Kier molecular flexibility index (Phi) is 6.30. The van der Waals surface area contributed by atoms with Crippen LogP contribution >= 0.6 is 0 Å². The number of furan rings is 1. The quantitative estimate of drug-likeness (QED) is 0.562. The van der Waals surface area contributed by atoms with E-state index in [1.165, 1.54) is 7.11 Å². The van der Waals surface area contributed by atoms with E-state index in [9.17, 15) is 9.59 Å². The highest BCUT2D eigenvalue weighted by atomic mass is 16.5. The van der Waals surface area contributed by atoms with Crippen LogP contribution in [0.4, 0.5) is 5.69 Å². The van der Waals surface area contributed by atoms with Crippen molar-refractivity contribution in [2.75, 3.05) is 25.6 Å². The van der Waals surface area contributed by atoms with Crippen molar-refractivity contribution in [3.8, 4) is 11.5 Å². The SMILES string of the molecule is CCNC(=O)COc1ccc(C2Nc3ccccc3C(=O)N2Cc2ccco2)cc1OC. The number of hydrogen-bond donors (Lipinski definition) is 2. The molecule has 0 bridgehead atoms. The summed E-state index contributed by atoms with van der Waals surface area (Å²) in [5.74, 6) is 1.29. The summed E-state index contributed by atoms with van der Waals surface area (Å²) in [4.78, 5) is 26.8. The lowest BCUT2D eigenvalue weighted by atomic mass is 10.0. The number of nitrogens with zero attached hydrogens (tertiary/aromatic N) is 1. The monoisotopic (exact) mass is 435 g/mol. The highest BCUT2D eigenvalue weighted by Gasteiger charge is 2.33. The number of amides is 2. The summed E-state index contributed by atoms with van der Waals surface area (Å²) < 4.78 is 16.6. The zero-order valence-corrected chi connectivity index (χ0v) is 18.0. The lowest BCUT2D eigenvalue weighted by Crippen LogP contribution is -2.42. The maximum atomic E-state index is 13.3. The zero-order valence-electron chi connectivity index (χ0n) is 18.0. The minimum Gasteiger partial charge on any atom is -0.493 e. The maximum absolute atomic E-state index is 13.3. The number of nitrogens with one attached hydrogen (secondary N) is 2. The third-order valence-corrected chi connectivity index (χ3v) is 5.16. The Hall–Kier alpha value is -3.94. The first-order valence-corrected chi connectivity index (χ1v) is 10.4. The molecular weight excluding hydrogens is 410 g/mol. The largest absolute Gasteiger partial charge is 0.493 e. The minimum atomic E-state index is -0.450. The maximum Gasteiger partial charge on any atom is 0.258 e. The van der Waals surface area contributed by atoms with Crippen LogP contribution < -0.4 is 20.1 Å². The molecule has 1 atom stereocenters. The molecule has 0 saturated carbocycles. The Labute approximate surface area is 186 Å². The first-order chi connectivity index (χ1) is 15.6. The van der Waals surface area contributed by atoms with E-state index in [1.807, 2.05) is 37.3 Å². The summed E-state index contributed by atoms with van der Waals surface area (Å²) in [6, 6.07) is 16.4. The molecule has 8 heteroatoms. The average molecular weight is 435 g/mol. The average Bonchev–Trinajstić information content (AvgIpc) is 3.33. The fourth-order valence-electron chi connectivity index (χ4n) is 3.65. The van der Waals surface area contributed by atoms with Crippen molar-refractivity contribution in [2.24, 2.45) is 0 Å². The number of anilines is 1. The molecule has 4 rings (SSSR count). The summed E-state index contributed by atoms with van der Waals surface area (Å²) in [5.41, 5.74) is 2.17. The molecule has 0 spiro atoms. The lowest BCUT2D eigenvalue weighted by molar-refractivity contribution is -0.123. The summed E-state index contributed by atoms with van der Waals surface area (Å²) >= 11 is 0. The summed E-state index contributed by atoms with van der Waals surface area (Å²) in [7, 11) is 1.54. The van der Waals surface area contributed by atoms with Crippen molar-refractivity contribution in [1.29, 1.82) is 0 Å². The molecule has 3 aromatic rings. The van der Waals surface area contributed by atoms with Crippen LogP contribution in [0.25, 0.3) is 0 Å². The Morgan fingerprint density at radius 2 is 2.00 bits per heavy atom. The molecule has 1 aromatic heterocycles. The van der Waals surface area contributed by atoms with Crippen LogP contribution in [0.5, 0.6) is 11.5 Å². The van der Waals surface area contributed by atoms with Gasteiger partial charge in [-0.2, -0.15) is 0 Å². The summed E-state index contributed by atoms with van der Waals surface area (Å²) in [5, 5.41) is 6.14. The van der Waals surface area contributed by atoms with E-state index in [0.29, 0.717) is 35.9 Å². The summed E-state index contributed by atoms with van der Waals surface area (Å²) in [6.07, 6.45) is 1.14. The van der Waals surface area contributed by atoms with E-state index in [4.69, 9.17) is 13.9 Å². The summed E-state index contributed by atoms with van der Waals surface area (Å²) in [6.45, 7) is 2.57. The van der Waals surface area contributed by atoms with Crippen LogP contribution in [0, 0.1) is 0 Å². The lowest BCUT2D eigenvalue weighted by Gasteiger charge is -2.37. The highest BCUT2D eigenvalue weighted by Crippen LogP contribution is 2.37. The Morgan fingerprint density at radius 1 is 1.16 bits per heavy atom. The van der Waals surface area contributed by atoms with Crippen LogP contribution in [0.2, 0.25) is 0 Å². The van der Waals surface area contributed by atoms with Gasteiger partial charge in [0.05, 0.1) is 25.5 Å². The molecule has 2 N–H and O–H groups in total. The van der Waals surface area contributed by atoms with Crippen LogP contribution in [0.15, 0.2) is 65.3 Å². The molecule has 0 fully saturated rings. The molecule has 1 aliphatic heterocycles. The van der Waals surface area contributed by atoms with Crippen molar-refractivity contribution in [1.82, 2.24) is 10.2 Å². The first-order valence-electron chi connectivity index (χ1n) is 10.4. The molecule has 0 aliphatic carbocycles. The zero-order chi connectivity index (χ0) is 22.5. The Bertz CT molecular complexity index is 1100. The number of carbonyl (C=O) groups excluding carboxylic acids is 2. The second-order valence-electron chi connectivity index (χ2n) is 7.26. The molecule has 32 heavy (non-hydrogen) atoms. The van der Waals surface area contributed by atoms with Gasteiger partial charge in [0.1, 0.15) is 11.9 Å². The van der Waals surface area contributed by atoms with Gasteiger partial charge in [0.15, 0.2) is 18.1 Å². The topological polar surface area (TPSA) is 93.0 Å². The standard InChI is InChI=1S/C24H25N3O5/c1-3-25-22(28)15-32-20-11-10-16(13-21(20)30-2)23-26-19-9-5-4-8-18(19)24(29)27(23)14-17-7-6-12-31-17/h4-13,23,26H,3,14-15H2,1-2H3,(H,25,28). The van der Waals surface area contributed by atoms with Crippen molar-refractivity contribution in [3.05, 3.63) is 77.7 Å². The predicted molar refractivity (Wildman–Crippen MR) is 119 cm³/mol. The molecule has 1 unspecified atom stereocenters. The molecule has 0 saturated heterocycles. The van der Waals surface area contributed by atoms with Crippen LogP contribution in [-0.2, 0) is 11.3 Å². The molecule has 2 amide bonds. The number of hydrogen-bond acceptors (Lipinski definition) is 6. The van der Waals surface area contributed by atoms with Crippen molar-refractivity contribution >= 4 is 17.5 Å². The molecule has 2 heterocycles. The highest BCUT2D eigenvalue weighted by molar-refractivity contribution is 6.01. The molecule has 0 radical (unpaired) electrons. The van der Waals surface area contributed by atoms with E-state index in [0.717, 1.165) is 11.3 Å².